The van der Waals surface area contributed by atoms with Crippen LogP contribution in [0.4, 0.5) is 0 Å². The van der Waals surface area contributed by atoms with E-state index in [1.165, 1.54) is 25.3 Å². The van der Waals surface area contributed by atoms with Crippen molar-refractivity contribution in [3.63, 3.8) is 0 Å². The van der Waals surface area contributed by atoms with Gasteiger partial charge in [-0.15, -0.1) is 0 Å². The molecule has 7 heteroatoms. The van der Waals surface area contributed by atoms with Crippen LogP contribution in [0.2, 0.25) is 5.02 Å². The Balaban J connectivity index is 2.94. The Morgan fingerprint density at radius 1 is 1.44 bits per heavy atom. The lowest BCUT2D eigenvalue weighted by atomic mass is 10.4. The third kappa shape index (κ3) is 3.56. The van der Waals surface area contributed by atoms with Crippen molar-refractivity contribution in [3.05, 3.63) is 41.4 Å². The number of nitrogens with zero attached hydrogens (tertiary/aromatic N) is 1. The highest BCUT2D eigenvalue weighted by atomic mass is 35.5. The number of halogens is 1. The number of carbonyl (C=O) groups is 1. The number of hydrogen-bond acceptors (Lipinski definition) is 3. The van der Waals surface area contributed by atoms with Crippen molar-refractivity contribution in [3.8, 4) is 0 Å². The number of sulfonamides is 1. The normalized spacial score (nSPS) is 12.2. The molecule has 1 rings (SSSR count). The molecule has 5 nitrogen and oxygen atoms in total. The van der Waals surface area contributed by atoms with E-state index in [1.807, 2.05) is 0 Å². The van der Waals surface area contributed by atoms with Crippen molar-refractivity contribution in [2.45, 2.75) is 4.90 Å². The Morgan fingerprint density at radius 2 is 2.06 bits per heavy atom. The molecule has 0 saturated carbocycles. The van der Waals surface area contributed by atoms with Gasteiger partial charge in [-0.05, 0) is 12.1 Å². The first kappa shape index (κ1) is 14.7. The second-order valence-corrected chi connectivity index (χ2v) is 5.88. The number of carboxylic acids is 1. The SMILES string of the molecule is CN(C/C=C/C(=O)O)S(=O)(=O)c1ccccc1Cl. The van der Waals surface area contributed by atoms with Crippen LogP contribution in [0.15, 0.2) is 41.3 Å². The predicted molar refractivity (Wildman–Crippen MR) is 68.0 cm³/mol. The van der Waals surface area contributed by atoms with Crippen LogP contribution in [0.3, 0.4) is 0 Å². The van der Waals surface area contributed by atoms with Crippen LogP contribution in [0.5, 0.6) is 0 Å². The standard InChI is InChI=1S/C11H12ClNO4S/c1-13(8-4-7-11(14)15)18(16,17)10-6-3-2-5-9(10)12/h2-7H,8H2,1H3,(H,14,15)/b7-4+. The molecule has 0 atom stereocenters. The first-order chi connectivity index (χ1) is 8.35. The lowest BCUT2D eigenvalue weighted by Gasteiger charge is -2.15. The van der Waals surface area contributed by atoms with Crippen molar-refractivity contribution in [1.82, 2.24) is 4.31 Å². The summed E-state index contributed by atoms with van der Waals surface area (Å²) in [5.41, 5.74) is 0. The Hall–Kier alpha value is -1.37. The minimum absolute atomic E-state index is 0.00195. The Bertz CT molecular complexity index is 568. The molecule has 1 aromatic carbocycles. The van der Waals surface area contributed by atoms with Gasteiger partial charge in [0, 0.05) is 19.7 Å². The van der Waals surface area contributed by atoms with Crippen molar-refractivity contribution in [1.29, 1.82) is 0 Å². The molecule has 0 fully saturated rings. The maximum absolute atomic E-state index is 12.1. The molecule has 0 amide bonds. The molecule has 0 spiro atoms. The van der Waals surface area contributed by atoms with E-state index < -0.39 is 16.0 Å². The average Bonchev–Trinajstić information content (AvgIpc) is 2.28. The number of likely N-dealkylation sites (N-methyl/N-ethyl adjacent to an activating group) is 1. The highest BCUT2D eigenvalue weighted by Crippen LogP contribution is 2.23. The van der Waals surface area contributed by atoms with Gasteiger partial charge in [0.05, 0.1) is 5.02 Å². The maximum Gasteiger partial charge on any atom is 0.328 e. The lowest BCUT2D eigenvalue weighted by molar-refractivity contribution is -0.131. The van der Waals surface area contributed by atoms with E-state index in [0.29, 0.717) is 0 Å². The zero-order chi connectivity index (χ0) is 13.8. The van der Waals surface area contributed by atoms with Gasteiger partial charge in [-0.3, -0.25) is 0 Å². The van der Waals surface area contributed by atoms with Crippen LogP contribution < -0.4 is 0 Å². The monoisotopic (exact) mass is 289 g/mol. The van der Waals surface area contributed by atoms with E-state index in [1.54, 1.807) is 12.1 Å². The highest BCUT2D eigenvalue weighted by Gasteiger charge is 2.22. The fourth-order valence-corrected chi connectivity index (χ4v) is 2.83. The van der Waals surface area contributed by atoms with E-state index in [-0.39, 0.29) is 16.5 Å². The molecule has 0 bridgehead atoms. The zero-order valence-corrected chi connectivity index (χ0v) is 11.1. The molecule has 0 aliphatic rings. The number of carboxylic acid groups (broad SMARTS) is 1. The Kier molecular flexibility index (Phi) is 4.89. The molecule has 1 N–H and O–H groups in total. The van der Waals surface area contributed by atoms with Gasteiger partial charge in [0.2, 0.25) is 10.0 Å². The van der Waals surface area contributed by atoms with Crippen molar-refractivity contribution >= 4 is 27.6 Å². The molecule has 98 valence electrons. The second kappa shape index (κ2) is 5.99. The molecule has 1 aromatic rings. The highest BCUT2D eigenvalue weighted by molar-refractivity contribution is 7.89. The summed E-state index contributed by atoms with van der Waals surface area (Å²) in [5.74, 6) is -1.13. The second-order valence-electron chi connectivity index (χ2n) is 3.46. The summed E-state index contributed by atoms with van der Waals surface area (Å²) < 4.78 is 25.2. The van der Waals surface area contributed by atoms with E-state index in [4.69, 9.17) is 16.7 Å². The number of benzene rings is 1. The van der Waals surface area contributed by atoms with Crippen molar-refractivity contribution < 1.29 is 18.3 Å². The van der Waals surface area contributed by atoms with Gasteiger partial charge in [-0.2, -0.15) is 4.31 Å². The van der Waals surface area contributed by atoms with Crippen LogP contribution in [-0.4, -0.2) is 37.4 Å². The zero-order valence-electron chi connectivity index (χ0n) is 9.58. The number of hydrogen-bond donors (Lipinski definition) is 1. The summed E-state index contributed by atoms with van der Waals surface area (Å²) in [4.78, 5) is 10.3. The van der Waals surface area contributed by atoms with Gasteiger partial charge in [0.15, 0.2) is 0 Å². The molecule has 0 aliphatic heterocycles. The molecule has 0 heterocycles. The molecule has 18 heavy (non-hydrogen) atoms. The van der Waals surface area contributed by atoms with E-state index in [0.717, 1.165) is 10.4 Å². The third-order valence-corrected chi connectivity index (χ3v) is 4.47. The van der Waals surface area contributed by atoms with Gasteiger partial charge in [0.1, 0.15) is 4.90 Å². The van der Waals surface area contributed by atoms with Gasteiger partial charge in [-0.1, -0.05) is 29.8 Å². The van der Waals surface area contributed by atoms with Crippen LogP contribution in [0.25, 0.3) is 0 Å². The minimum Gasteiger partial charge on any atom is -0.478 e. The third-order valence-electron chi connectivity index (χ3n) is 2.15. The maximum atomic E-state index is 12.1. The fraction of sp³-hybridized carbons (Fsp3) is 0.182. The molecule has 0 aromatic heterocycles. The summed E-state index contributed by atoms with van der Waals surface area (Å²) in [6.07, 6.45) is 2.13. The van der Waals surface area contributed by atoms with Crippen LogP contribution in [-0.2, 0) is 14.8 Å². The van der Waals surface area contributed by atoms with Crippen LogP contribution in [0, 0.1) is 0 Å². The average molecular weight is 290 g/mol. The molecule has 0 radical (unpaired) electrons. The van der Waals surface area contributed by atoms with E-state index in [2.05, 4.69) is 0 Å². The quantitative estimate of drug-likeness (QED) is 0.836. The Labute approximate surface area is 110 Å². The van der Waals surface area contributed by atoms with Gasteiger partial charge >= 0.3 is 5.97 Å². The molecule has 0 saturated heterocycles. The topological polar surface area (TPSA) is 74.7 Å². The van der Waals surface area contributed by atoms with Gasteiger partial charge in [-0.25, -0.2) is 13.2 Å². The first-order valence-electron chi connectivity index (χ1n) is 4.96. The minimum atomic E-state index is -3.71. The van der Waals surface area contributed by atoms with Crippen molar-refractivity contribution in [2.75, 3.05) is 13.6 Å². The summed E-state index contributed by atoms with van der Waals surface area (Å²) >= 11 is 5.82. The molecular formula is C11H12ClNO4S. The van der Waals surface area contributed by atoms with Gasteiger partial charge in [0.25, 0.3) is 0 Å². The smallest absolute Gasteiger partial charge is 0.328 e. The molecule has 0 unspecified atom stereocenters. The van der Waals surface area contributed by atoms with E-state index >= 15 is 0 Å². The first-order valence-corrected chi connectivity index (χ1v) is 6.78. The molecular weight excluding hydrogens is 278 g/mol. The van der Waals surface area contributed by atoms with Gasteiger partial charge < -0.3 is 5.11 Å². The number of aliphatic carboxylic acids is 1. The predicted octanol–water partition coefficient (Wildman–Crippen LogP) is 1.60. The number of rotatable bonds is 5. The summed E-state index contributed by atoms with van der Waals surface area (Å²) in [6.45, 7) is -0.0418. The molecule has 0 aliphatic carbocycles. The largest absolute Gasteiger partial charge is 0.478 e. The van der Waals surface area contributed by atoms with Crippen LogP contribution in [0.1, 0.15) is 0 Å². The Morgan fingerprint density at radius 3 is 2.61 bits per heavy atom. The summed E-state index contributed by atoms with van der Waals surface area (Å²) in [5, 5.41) is 8.55. The van der Waals surface area contributed by atoms with Crippen LogP contribution >= 0.6 is 11.6 Å². The summed E-state index contributed by atoms with van der Waals surface area (Å²) in [7, 11) is -2.36. The van der Waals surface area contributed by atoms with E-state index in [9.17, 15) is 13.2 Å². The fourth-order valence-electron chi connectivity index (χ4n) is 1.22. The van der Waals surface area contributed by atoms with Crippen molar-refractivity contribution in [2.24, 2.45) is 0 Å². The summed E-state index contributed by atoms with van der Waals surface area (Å²) in [6, 6.07) is 6.08. The lowest BCUT2D eigenvalue weighted by Crippen LogP contribution is -2.27.